The van der Waals surface area contributed by atoms with Crippen molar-refractivity contribution in [1.29, 1.82) is 0 Å². The molecular formula is C16H17FN2O2S. The van der Waals surface area contributed by atoms with Gasteiger partial charge in [0.2, 0.25) is 5.91 Å². The van der Waals surface area contributed by atoms with E-state index in [-0.39, 0.29) is 11.7 Å². The second kappa shape index (κ2) is 6.54. The van der Waals surface area contributed by atoms with E-state index in [0.717, 1.165) is 21.1 Å². The van der Waals surface area contributed by atoms with Gasteiger partial charge in [-0.05, 0) is 31.2 Å². The summed E-state index contributed by atoms with van der Waals surface area (Å²) in [5.41, 5.74) is 1.70. The van der Waals surface area contributed by atoms with E-state index in [9.17, 15) is 9.18 Å². The zero-order valence-electron chi connectivity index (χ0n) is 12.3. The van der Waals surface area contributed by atoms with Crippen LogP contribution in [0.3, 0.4) is 0 Å². The SMILES string of the molecule is Cc1sc(CC(=O)N2CCOCC2)nc1-c1ccc(F)cc1. The molecule has 1 aliphatic rings. The maximum absolute atomic E-state index is 13.0. The number of morpholine rings is 1. The lowest BCUT2D eigenvalue weighted by Gasteiger charge is -2.26. The first-order valence-electron chi connectivity index (χ1n) is 7.21. The molecule has 22 heavy (non-hydrogen) atoms. The molecule has 6 heteroatoms. The van der Waals surface area contributed by atoms with Gasteiger partial charge >= 0.3 is 0 Å². The van der Waals surface area contributed by atoms with E-state index in [4.69, 9.17) is 4.74 Å². The highest BCUT2D eigenvalue weighted by molar-refractivity contribution is 7.12. The Morgan fingerprint density at radius 2 is 2.00 bits per heavy atom. The molecule has 0 spiro atoms. The van der Waals surface area contributed by atoms with Gasteiger partial charge in [0.05, 0.1) is 25.3 Å². The minimum atomic E-state index is -0.264. The molecule has 0 unspecified atom stereocenters. The lowest BCUT2D eigenvalue weighted by Crippen LogP contribution is -2.41. The topological polar surface area (TPSA) is 42.4 Å². The average Bonchev–Trinajstić information content (AvgIpc) is 2.89. The molecule has 1 saturated heterocycles. The van der Waals surface area contributed by atoms with E-state index in [1.807, 2.05) is 11.8 Å². The number of carbonyl (C=O) groups excluding carboxylic acids is 1. The molecule has 0 radical (unpaired) electrons. The number of thiazole rings is 1. The van der Waals surface area contributed by atoms with Gasteiger partial charge in [-0.2, -0.15) is 0 Å². The van der Waals surface area contributed by atoms with Crippen LogP contribution in [-0.4, -0.2) is 42.1 Å². The molecule has 3 rings (SSSR count). The maximum atomic E-state index is 13.0. The molecule has 1 amide bonds. The highest BCUT2D eigenvalue weighted by Crippen LogP contribution is 2.28. The maximum Gasteiger partial charge on any atom is 0.229 e. The summed E-state index contributed by atoms with van der Waals surface area (Å²) in [4.78, 5) is 19.7. The van der Waals surface area contributed by atoms with E-state index >= 15 is 0 Å². The molecule has 0 bridgehead atoms. The molecule has 0 atom stereocenters. The van der Waals surface area contributed by atoms with Crippen LogP contribution in [0.5, 0.6) is 0 Å². The van der Waals surface area contributed by atoms with Crippen LogP contribution in [0.2, 0.25) is 0 Å². The summed E-state index contributed by atoms with van der Waals surface area (Å²) < 4.78 is 18.3. The molecule has 1 aliphatic heterocycles. The van der Waals surface area contributed by atoms with Crippen molar-refractivity contribution in [3.05, 3.63) is 40.0 Å². The second-order valence-electron chi connectivity index (χ2n) is 5.19. The smallest absolute Gasteiger partial charge is 0.229 e. The van der Waals surface area contributed by atoms with Crippen molar-refractivity contribution in [2.45, 2.75) is 13.3 Å². The quantitative estimate of drug-likeness (QED) is 0.873. The Labute approximate surface area is 132 Å². The molecule has 1 fully saturated rings. The van der Waals surface area contributed by atoms with Crippen molar-refractivity contribution in [3.8, 4) is 11.3 Å². The van der Waals surface area contributed by atoms with Crippen LogP contribution in [0, 0.1) is 12.7 Å². The number of aromatic nitrogens is 1. The van der Waals surface area contributed by atoms with Crippen LogP contribution < -0.4 is 0 Å². The third-order valence-electron chi connectivity index (χ3n) is 3.62. The Kier molecular flexibility index (Phi) is 4.49. The first kappa shape index (κ1) is 15.1. The van der Waals surface area contributed by atoms with Crippen LogP contribution in [0.1, 0.15) is 9.88 Å². The van der Waals surface area contributed by atoms with Crippen LogP contribution in [0.15, 0.2) is 24.3 Å². The van der Waals surface area contributed by atoms with E-state index in [1.165, 1.54) is 23.5 Å². The fraction of sp³-hybridized carbons (Fsp3) is 0.375. The third kappa shape index (κ3) is 3.34. The van der Waals surface area contributed by atoms with Gasteiger partial charge in [0.1, 0.15) is 10.8 Å². The van der Waals surface area contributed by atoms with Gasteiger partial charge in [-0.15, -0.1) is 11.3 Å². The van der Waals surface area contributed by atoms with Gasteiger partial charge in [0, 0.05) is 23.5 Å². The molecule has 2 heterocycles. The summed E-state index contributed by atoms with van der Waals surface area (Å²) in [6.07, 6.45) is 0.312. The number of benzene rings is 1. The summed E-state index contributed by atoms with van der Waals surface area (Å²) in [6, 6.07) is 6.27. The van der Waals surface area contributed by atoms with E-state index in [0.29, 0.717) is 32.7 Å². The average molecular weight is 320 g/mol. The lowest BCUT2D eigenvalue weighted by molar-refractivity contribution is -0.134. The summed E-state index contributed by atoms with van der Waals surface area (Å²) >= 11 is 1.52. The van der Waals surface area contributed by atoms with Gasteiger partial charge in [-0.25, -0.2) is 9.37 Å². The monoisotopic (exact) mass is 320 g/mol. The standard InChI is InChI=1S/C16H17FN2O2S/c1-11-16(12-2-4-13(17)5-3-12)18-14(22-11)10-15(20)19-6-8-21-9-7-19/h2-5H,6-10H2,1H3. The Morgan fingerprint density at radius 1 is 1.32 bits per heavy atom. The number of rotatable bonds is 3. The summed E-state index contributed by atoms with van der Waals surface area (Å²) in [7, 11) is 0. The number of carbonyl (C=O) groups is 1. The van der Waals surface area contributed by atoms with Gasteiger partial charge < -0.3 is 9.64 Å². The molecule has 0 aliphatic carbocycles. The normalized spacial score (nSPS) is 15.1. The first-order chi connectivity index (χ1) is 10.6. The largest absolute Gasteiger partial charge is 0.378 e. The lowest BCUT2D eigenvalue weighted by atomic mass is 10.1. The van der Waals surface area contributed by atoms with Crippen molar-refractivity contribution in [1.82, 2.24) is 9.88 Å². The summed E-state index contributed by atoms with van der Waals surface area (Å²) in [5.74, 6) is -0.179. The van der Waals surface area contributed by atoms with E-state index in [2.05, 4.69) is 4.98 Å². The molecule has 0 N–H and O–H groups in total. The Bertz CT molecular complexity index is 663. The molecular weight excluding hydrogens is 303 g/mol. The number of aryl methyl sites for hydroxylation is 1. The van der Waals surface area contributed by atoms with Gasteiger partial charge in [0.15, 0.2) is 0 Å². The van der Waals surface area contributed by atoms with Crippen LogP contribution in [0.25, 0.3) is 11.3 Å². The Hall–Kier alpha value is -1.79. The van der Waals surface area contributed by atoms with Crippen molar-refractivity contribution < 1.29 is 13.9 Å². The zero-order valence-corrected chi connectivity index (χ0v) is 13.2. The number of amides is 1. The summed E-state index contributed by atoms with van der Waals surface area (Å²) in [5, 5.41) is 0.799. The number of hydrogen-bond acceptors (Lipinski definition) is 4. The van der Waals surface area contributed by atoms with Gasteiger partial charge in [-0.3, -0.25) is 4.79 Å². The minimum absolute atomic E-state index is 0.0858. The highest BCUT2D eigenvalue weighted by atomic mass is 32.1. The molecule has 116 valence electrons. The van der Waals surface area contributed by atoms with E-state index < -0.39 is 0 Å². The molecule has 1 aromatic heterocycles. The molecule has 4 nitrogen and oxygen atoms in total. The number of nitrogens with zero attached hydrogens (tertiary/aromatic N) is 2. The minimum Gasteiger partial charge on any atom is -0.378 e. The van der Waals surface area contributed by atoms with Crippen LogP contribution >= 0.6 is 11.3 Å². The zero-order chi connectivity index (χ0) is 15.5. The fourth-order valence-electron chi connectivity index (χ4n) is 2.46. The fourth-order valence-corrected chi connectivity index (χ4v) is 3.40. The van der Waals surface area contributed by atoms with E-state index in [1.54, 1.807) is 12.1 Å². The van der Waals surface area contributed by atoms with Gasteiger partial charge in [-0.1, -0.05) is 0 Å². The Balaban J connectivity index is 1.74. The van der Waals surface area contributed by atoms with Gasteiger partial charge in [0.25, 0.3) is 0 Å². The van der Waals surface area contributed by atoms with Crippen molar-refractivity contribution in [2.24, 2.45) is 0 Å². The Morgan fingerprint density at radius 3 is 2.68 bits per heavy atom. The molecule has 1 aromatic carbocycles. The number of halogens is 1. The highest BCUT2D eigenvalue weighted by Gasteiger charge is 2.19. The summed E-state index contributed by atoms with van der Waals surface area (Å²) in [6.45, 7) is 4.47. The van der Waals surface area contributed by atoms with Crippen molar-refractivity contribution >= 4 is 17.2 Å². The van der Waals surface area contributed by atoms with Crippen molar-refractivity contribution in [3.63, 3.8) is 0 Å². The first-order valence-corrected chi connectivity index (χ1v) is 8.03. The molecule has 0 saturated carbocycles. The van der Waals surface area contributed by atoms with Crippen LogP contribution in [0.4, 0.5) is 4.39 Å². The predicted molar refractivity (Wildman–Crippen MR) is 83.3 cm³/mol. The van der Waals surface area contributed by atoms with Crippen LogP contribution in [-0.2, 0) is 16.0 Å². The number of ether oxygens (including phenoxy) is 1. The molecule has 2 aromatic rings. The second-order valence-corrected chi connectivity index (χ2v) is 6.48. The predicted octanol–water partition coefficient (Wildman–Crippen LogP) is 2.66. The van der Waals surface area contributed by atoms with Crippen molar-refractivity contribution in [2.75, 3.05) is 26.3 Å². The third-order valence-corrected chi connectivity index (χ3v) is 4.60. The number of hydrogen-bond donors (Lipinski definition) is 0.